The van der Waals surface area contributed by atoms with Crippen LogP contribution in [0.15, 0.2) is 48.7 Å². The molecule has 26 heavy (non-hydrogen) atoms. The van der Waals surface area contributed by atoms with E-state index in [1.165, 1.54) is 16.7 Å². The van der Waals surface area contributed by atoms with E-state index >= 15 is 0 Å². The van der Waals surface area contributed by atoms with Crippen molar-refractivity contribution in [2.24, 2.45) is 0 Å². The Morgan fingerprint density at radius 3 is 2.38 bits per heavy atom. The van der Waals surface area contributed by atoms with Crippen molar-refractivity contribution in [3.8, 4) is 0 Å². The Morgan fingerprint density at radius 2 is 1.77 bits per heavy atom. The highest BCUT2D eigenvalue weighted by molar-refractivity contribution is 5.89. The number of carbonyl (C=O) groups is 2. The van der Waals surface area contributed by atoms with E-state index in [1.807, 2.05) is 19.2 Å². The maximum absolute atomic E-state index is 9.55. The summed E-state index contributed by atoms with van der Waals surface area (Å²) in [5, 5.41) is 15.6. The molecule has 6 nitrogen and oxygen atoms in total. The number of carboxylic acids is 2. The maximum atomic E-state index is 9.55. The van der Waals surface area contributed by atoms with Crippen molar-refractivity contribution in [1.29, 1.82) is 0 Å². The van der Waals surface area contributed by atoms with Crippen LogP contribution in [0.1, 0.15) is 28.8 Å². The van der Waals surface area contributed by atoms with Crippen molar-refractivity contribution >= 4 is 29.3 Å². The number of carboxylic acid groups (broad SMARTS) is 2. The number of allylic oxidation sites excluding steroid dienone is 1. The Kier molecular flexibility index (Phi) is 6.27. The van der Waals surface area contributed by atoms with Gasteiger partial charge in [-0.2, -0.15) is 0 Å². The van der Waals surface area contributed by atoms with Crippen LogP contribution >= 0.6 is 0 Å². The van der Waals surface area contributed by atoms with Crippen LogP contribution in [0.4, 0.5) is 5.69 Å². The van der Waals surface area contributed by atoms with Gasteiger partial charge in [0.15, 0.2) is 0 Å². The number of benzene rings is 1. The molecule has 1 aromatic carbocycles. The van der Waals surface area contributed by atoms with Crippen molar-refractivity contribution in [2.45, 2.75) is 19.8 Å². The molecule has 0 amide bonds. The normalized spacial score (nSPS) is 12.6. The molecule has 0 radical (unpaired) electrons. The zero-order valence-corrected chi connectivity index (χ0v) is 14.3. The van der Waals surface area contributed by atoms with Crippen molar-refractivity contribution in [2.75, 3.05) is 5.73 Å². The number of pyridine rings is 1. The lowest BCUT2D eigenvalue weighted by molar-refractivity contribution is -0.134. The largest absolute Gasteiger partial charge is 0.478 e. The number of rotatable bonds is 3. The first-order valence-electron chi connectivity index (χ1n) is 8.01. The lowest BCUT2D eigenvalue weighted by Gasteiger charge is -2.16. The summed E-state index contributed by atoms with van der Waals surface area (Å²) < 4.78 is 0. The monoisotopic (exact) mass is 352 g/mol. The summed E-state index contributed by atoms with van der Waals surface area (Å²) in [4.78, 5) is 23.6. The zero-order valence-electron chi connectivity index (χ0n) is 14.3. The van der Waals surface area contributed by atoms with Gasteiger partial charge in [0.2, 0.25) is 0 Å². The third-order valence-corrected chi connectivity index (χ3v) is 3.89. The summed E-state index contributed by atoms with van der Waals surface area (Å²) in [5.41, 5.74) is 12.8. The molecule has 0 saturated heterocycles. The number of anilines is 1. The first-order chi connectivity index (χ1) is 12.4. The van der Waals surface area contributed by atoms with Gasteiger partial charge in [0, 0.05) is 24.0 Å². The maximum Gasteiger partial charge on any atom is 0.328 e. The van der Waals surface area contributed by atoms with Crippen LogP contribution in [0.25, 0.3) is 11.6 Å². The lowest BCUT2D eigenvalue weighted by Crippen LogP contribution is -2.01. The number of hydrogen-bond acceptors (Lipinski definition) is 4. The summed E-state index contributed by atoms with van der Waals surface area (Å²) in [6.07, 6.45) is 7.32. The SMILES string of the molecule is Cc1cnc(C2=Cc3ccccc3CC2)cc1N.O=C(O)C=CC(=O)O. The van der Waals surface area contributed by atoms with Crippen LogP contribution in [0.2, 0.25) is 0 Å². The molecular formula is C20H20N2O4. The van der Waals surface area contributed by atoms with Crippen molar-refractivity contribution in [3.63, 3.8) is 0 Å². The molecule has 1 aliphatic carbocycles. The highest BCUT2D eigenvalue weighted by Gasteiger charge is 2.12. The van der Waals surface area contributed by atoms with Crippen molar-refractivity contribution in [1.82, 2.24) is 4.98 Å². The molecule has 4 N–H and O–H groups in total. The second-order valence-corrected chi connectivity index (χ2v) is 5.80. The van der Waals surface area contributed by atoms with Crippen LogP contribution in [0.3, 0.4) is 0 Å². The summed E-state index contributed by atoms with van der Waals surface area (Å²) >= 11 is 0. The molecule has 2 aromatic rings. The summed E-state index contributed by atoms with van der Waals surface area (Å²) in [6.45, 7) is 1.98. The van der Waals surface area contributed by atoms with Gasteiger partial charge in [-0.1, -0.05) is 24.3 Å². The number of nitrogens with zero attached hydrogens (tertiary/aromatic N) is 1. The predicted octanol–water partition coefficient (Wildman–Crippen LogP) is 3.17. The quantitative estimate of drug-likeness (QED) is 0.731. The van der Waals surface area contributed by atoms with E-state index in [0.717, 1.165) is 29.8 Å². The Bertz CT molecular complexity index is 869. The number of nitrogen functional groups attached to an aromatic ring is 1. The molecule has 1 aliphatic rings. The van der Waals surface area contributed by atoms with E-state index in [0.29, 0.717) is 12.2 Å². The van der Waals surface area contributed by atoms with E-state index in [4.69, 9.17) is 15.9 Å². The first-order valence-corrected chi connectivity index (χ1v) is 8.01. The van der Waals surface area contributed by atoms with Crippen molar-refractivity contribution < 1.29 is 19.8 Å². The molecule has 6 heteroatoms. The van der Waals surface area contributed by atoms with Crippen LogP contribution in [-0.2, 0) is 16.0 Å². The summed E-state index contributed by atoms with van der Waals surface area (Å²) in [6, 6.07) is 10.5. The molecule has 0 saturated carbocycles. The van der Waals surface area contributed by atoms with Gasteiger partial charge in [0.25, 0.3) is 0 Å². The van der Waals surface area contributed by atoms with E-state index in [9.17, 15) is 9.59 Å². The smallest absolute Gasteiger partial charge is 0.328 e. The van der Waals surface area contributed by atoms with Gasteiger partial charge in [-0.05, 0) is 54.2 Å². The molecule has 0 aliphatic heterocycles. The molecule has 0 spiro atoms. The summed E-state index contributed by atoms with van der Waals surface area (Å²) in [7, 11) is 0. The fourth-order valence-corrected chi connectivity index (χ4v) is 2.49. The van der Waals surface area contributed by atoms with Crippen LogP contribution in [0, 0.1) is 6.92 Å². The average molecular weight is 352 g/mol. The first kappa shape index (κ1) is 18.9. The van der Waals surface area contributed by atoms with Crippen LogP contribution in [-0.4, -0.2) is 27.1 Å². The van der Waals surface area contributed by atoms with Gasteiger partial charge < -0.3 is 15.9 Å². The molecule has 0 bridgehead atoms. The summed E-state index contributed by atoms with van der Waals surface area (Å²) in [5.74, 6) is -2.51. The van der Waals surface area contributed by atoms with E-state index in [2.05, 4.69) is 35.3 Å². The van der Waals surface area contributed by atoms with Gasteiger partial charge in [-0.25, -0.2) is 9.59 Å². The number of fused-ring (bicyclic) bond motifs is 1. The van der Waals surface area contributed by atoms with Gasteiger partial charge in [-0.15, -0.1) is 0 Å². The second-order valence-electron chi connectivity index (χ2n) is 5.80. The third-order valence-electron chi connectivity index (χ3n) is 3.89. The minimum atomic E-state index is -1.26. The minimum absolute atomic E-state index is 0.558. The third kappa shape index (κ3) is 5.31. The molecular weight excluding hydrogens is 332 g/mol. The number of aromatic nitrogens is 1. The van der Waals surface area contributed by atoms with Gasteiger partial charge in [0.05, 0.1) is 5.69 Å². The number of nitrogens with two attached hydrogens (primary N) is 1. The molecule has 134 valence electrons. The van der Waals surface area contributed by atoms with Crippen molar-refractivity contribution in [3.05, 3.63) is 71.1 Å². The predicted molar refractivity (Wildman–Crippen MR) is 100 cm³/mol. The van der Waals surface area contributed by atoms with E-state index in [1.54, 1.807) is 0 Å². The van der Waals surface area contributed by atoms with E-state index < -0.39 is 11.9 Å². The number of hydrogen-bond donors (Lipinski definition) is 3. The highest BCUT2D eigenvalue weighted by atomic mass is 16.4. The minimum Gasteiger partial charge on any atom is -0.478 e. The van der Waals surface area contributed by atoms with Crippen LogP contribution < -0.4 is 5.73 Å². The Morgan fingerprint density at radius 1 is 1.12 bits per heavy atom. The van der Waals surface area contributed by atoms with Gasteiger partial charge in [-0.3, -0.25) is 4.98 Å². The number of aliphatic carboxylic acids is 2. The van der Waals surface area contributed by atoms with Gasteiger partial charge >= 0.3 is 11.9 Å². The molecule has 1 aromatic heterocycles. The number of aryl methyl sites for hydroxylation is 2. The van der Waals surface area contributed by atoms with Crippen LogP contribution in [0.5, 0.6) is 0 Å². The Labute approximate surface area is 151 Å². The Hall–Kier alpha value is -3.41. The molecule has 0 fully saturated rings. The zero-order chi connectivity index (χ0) is 19.1. The van der Waals surface area contributed by atoms with E-state index in [-0.39, 0.29) is 0 Å². The topological polar surface area (TPSA) is 114 Å². The second kappa shape index (κ2) is 8.62. The molecule has 0 unspecified atom stereocenters. The molecule has 1 heterocycles. The lowest BCUT2D eigenvalue weighted by atomic mass is 9.90. The molecule has 3 rings (SSSR count). The fourth-order valence-electron chi connectivity index (χ4n) is 2.49. The average Bonchev–Trinajstić information content (AvgIpc) is 2.62. The molecule has 0 atom stereocenters. The fraction of sp³-hybridized carbons (Fsp3) is 0.150. The standard InChI is InChI=1S/C16H16N2.C4H4O4/c1-11-10-18-16(9-15(11)17)14-7-6-12-4-2-3-5-13(12)8-14;5-3(6)1-2-4(7)8/h2-5,8-10H,6-7H2,1H3,(H2,17,18);1-2H,(H,5,6)(H,7,8). The highest BCUT2D eigenvalue weighted by Crippen LogP contribution is 2.30. The Balaban J connectivity index is 0.000000260. The van der Waals surface area contributed by atoms with Gasteiger partial charge in [0.1, 0.15) is 0 Å².